The van der Waals surface area contributed by atoms with E-state index in [1.54, 1.807) is 18.2 Å². The maximum Gasteiger partial charge on any atom is 0.336 e. The average Bonchev–Trinajstić information content (AvgIpc) is 2.81. The number of hydrogen-bond donors (Lipinski definition) is 1. The number of carbonyl (C=O) groups is 1. The number of carboxylic acid groups (broad SMARTS) is 1. The second-order valence-corrected chi connectivity index (χ2v) is 5.37. The predicted octanol–water partition coefficient (Wildman–Crippen LogP) is 3.97. The smallest absolute Gasteiger partial charge is 0.336 e. The van der Waals surface area contributed by atoms with E-state index >= 15 is 0 Å². The van der Waals surface area contributed by atoms with Gasteiger partial charge in [0.25, 0.3) is 0 Å². The monoisotopic (exact) mass is 269 g/mol. The molecule has 4 heteroatoms. The van der Waals surface area contributed by atoms with Gasteiger partial charge in [-0.2, -0.15) is 0 Å². The first-order chi connectivity index (χ1) is 9.15. The Hall–Kier alpha value is -2.20. The lowest BCUT2D eigenvalue weighted by Gasteiger charge is -2.01. The molecule has 94 valence electrons. The highest BCUT2D eigenvalue weighted by atomic mass is 32.1. The largest absolute Gasteiger partial charge is 0.478 e. The summed E-state index contributed by atoms with van der Waals surface area (Å²) in [6.07, 6.45) is 0. The first kappa shape index (κ1) is 11.9. The third-order valence-electron chi connectivity index (χ3n) is 2.93. The Bertz CT molecular complexity index is 777. The molecule has 3 nitrogen and oxygen atoms in total. The van der Waals surface area contributed by atoms with E-state index in [9.17, 15) is 9.90 Å². The van der Waals surface area contributed by atoms with Crippen LogP contribution >= 0.6 is 11.3 Å². The number of rotatable bonds is 2. The molecule has 0 fully saturated rings. The molecule has 0 amide bonds. The van der Waals surface area contributed by atoms with Gasteiger partial charge in [0.15, 0.2) is 0 Å². The van der Waals surface area contributed by atoms with Gasteiger partial charge in [-0.25, -0.2) is 9.78 Å². The second kappa shape index (κ2) is 4.48. The van der Waals surface area contributed by atoms with E-state index in [0.29, 0.717) is 11.1 Å². The summed E-state index contributed by atoms with van der Waals surface area (Å²) >= 11 is 1.52. The maximum absolute atomic E-state index is 11.2. The van der Waals surface area contributed by atoms with E-state index in [0.717, 1.165) is 15.2 Å². The van der Waals surface area contributed by atoms with Gasteiger partial charge in [0.1, 0.15) is 5.01 Å². The topological polar surface area (TPSA) is 50.2 Å². The maximum atomic E-state index is 11.2. The van der Waals surface area contributed by atoms with Gasteiger partial charge in [-0.3, -0.25) is 0 Å². The van der Waals surface area contributed by atoms with E-state index in [-0.39, 0.29) is 0 Å². The van der Waals surface area contributed by atoms with Gasteiger partial charge < -0.3 is 5.11 Å². The summed E-state index contributed by atoms with van der Waals surface area (Å²) in [7, 11) is 0. The van der Waals surface area contributed by atoms with Crippen molar-refractivity contribution in [3.63, 3.8) is 0 Å². The van der Waals surface area contributed by atoms with Crippen molar-refractivity contribution in [2.24, 2.45) is 0 Å². The second-order valence-electron chi connectivity index (χ2n) is 4.34. The number of hydrogen-bond acceptors (Lipinski definition) is 3. The van der Waals surface area contributed by atoms with Crippen molar-refractivity contribution in [3.8, 4) is 10.6 Å². The van der Waals surface area contributed by atoms with Crippen LogP contribution in [-0.2, 0) is 0 Å². The van der Waals surface area contributed by atoms with Crippen molar-refractivity contribution in [2.75, 3.05) is 0 Å². The molecule has 0 aliphatic carbocycles. The molecule has 0 aliphatic heterocycles. The SMILES string of the molecule is Cc1ccc2nc(-c3ccccc3C(=O)O)sc2c1. The minimum absolute atomic E-state index is 0.290. The molecule has 0 spiro atoms. The van der Waals surface area contributed by atoms with Crippen molar-refractivity contribution < 1.29 is 9.90 Å². The lowest BCUT2D eigenvalue weighted by atomic mass is 10.1. The minimum Gasteiger partial charge on any atom is -0.478 e. The van der Waals surface area contributed by atoms with Crippen LogP contribution in [0.25, 0.3) is 20.8 Å². The van der Waals surface area contributed by atoms with Crippen LogP contribution in [0.3, 0.4) is 0 Å². The number of thiazole rings is 1. The van der Waals surface area contributed by atoms with Crippen molar-refractivity contribution in [1.29, 1.82) is 0 Å². The van der Waals surface area contributed by atoms with Crippen LogP contribution in [0.1, 0.15) is 15.9 Å². The Morgan fingerprint density at radius 2 is 2.00 bits per heavy atom. The Kier molecular flexibility index (Phi) is 2.80. The van der Waals surface area contributed by atoms with Crippen LogP contribution in [-0.4, -0.2) is 16.1 Å². The van der Waals surface area contributed by atoms with E-state index in [4.69, 9.17) is 0 Å². The molecule has 0 saturated heterocycles. The molecular weight excluding hydrogens is 258 g/mol. The lowest BCUT2D eigenvalue weighted by Crippen LogP contribution is -1.98. The van der Waals surface area contributed by atoms with Gasteiger partial charge in [0.05, 0.1) is 15.8 Å². The Morgan fingerprint density at radius 1 is 1.21 bits per heavy atom. The molecule has 1 N–H and O–H groups in total. The Morgan fingerprint density at radius 3 is 2.79 bits per heavy atom. The van der Waals surface area contributed by atoms with Crippen LogP contribution in [0.15, 0.2) is 42.5 Å². The molecule has 3 aromatic rings. The molecule has 3 rings (SSSR count). The zero-order valence-corrected chi connectivity index (χ0v) is 11.1. The Labute approximate surface area is 114 Å². The molecule has 0 unspecified atom stereocenters. The van der Waals surface area contributed by atoms with E-state index in [1.807, 2.05) is 25.1 Å². The highest BCUT2D eigenvalue weighted by Crippen LogP contribution is 2.32. The molecule has 0 saturated carbocycles. The van der Waals surface area contributed by atoms with Crippen molar-refractivity contribution in [1.82, 2.24) is 4.98 Å². The summed E-state index contributed by atoms with van der Waals surface area (Å²) < 4.78 is 1.08. The summed E-state index contributed by atoms with van der Waals surface area (Å²) in [4.78, 5) is 15.8. The van der Waals surface area contributed by atoms with Gasteiger partial charge in [0.2, 0.25) is 0 Å². The third-order valence-corrected chi connectivity index (χ3v) is 3.98. The first-order valence-electron chi connectivity index (χ1n) is 5.85. The van der Waals surface area contributed by atoms with Gasteiger partial charge in [-0.1, -0.05) is 24.3 Å². The number of carboxylic acids is 1. The number of aromatic carboxylic acids is 1. The number of aromatic nitrogens is 1. The van der Waals surface area contributed by atoms with Crippen LogP contribution < -0.4 is 0 Å². The summed E-state index contributed by atoms with van der Waals surface area (Å²) in [6, 6.07) is 13.0. The van der Waals surface area contributed by atoms with Crippen LogP contribution in [0, 0.1) is 6.92 Å². The van der Waals surface area contributed by atoms with E-state index < -0.39 is 5.97 Å². The fourth-order valence-electron chi connectivity index (χ4n) is 2.00. The van der Waals surface area contributed by atoms with Crippen LogP contribution in [0.2, 0.25) is 0 Å². The number of aryl methyl sites for hydroxylation is 1. The molecule has 19 heavy (non-hydrogen) atoms. The molecule has 1 aromatic heterocycles. The van der Waals surface area contributed by atoms with E-state index in [1.165, 1.54) is 16.9 Å². The van der Waals surface area contributed by atoms with Crippen molar-refractivity contribution >= 4 is 27.5 Å². The van der Waals surface area contributed by atoms with Gasteiger partial charge in [-0.05, 0) is 30.7 Å². The zero-order valence-electron chi connectivity index (χ0n) is 10.3. The number of benzene rings is 2. The molecule has 0 aliphatic rings. The average molecular weight is 269 g/mol. The highest BCUT2D eigenvalue weighted by molar-refractivity contribution is 7.21. The predicted molar refractivity (Wildman–Crippen MR) is 76.8 cm³/mol. The molecule has 2 aromatic carbocycles. The minimum atomic E-state index is -0.925. The lowest BCUT2D eigenvalue weighted by molar-refractivity contribution is 0.0697. The molecular formula is C15H11NO2S. The van der Waals surface area contributed by atoms with Gasteiger partial charge in [-0.15, -0.1) is 11.3 Å². The van der Waals surface area contributed by atoms with Gasteiger partial charge in [0, 0.05) is 5.56 Å². The zero-order chi connectivity index (χ0) is 13.4. The fraction of sp³-hybridized carbons (Fsp3) is 0.0667. The summed E-state index contributed by atoms with van der Waals surface area (Å²) in [5.74, 6) is -0.925. The molecule has 1 heterocycles. The fourth-order valence-corrected chi connectivity index (χ4v) is 3.11. The third kappa shape index (κ3) is 2.11. The van der Waals surface area contributed by atoms with Crippen LogP contribution in [0.4, 0.5) is 0 Å². The first-order valence-corrected chi connectivity index (χ1v) is 6.67. The number of fused-ring (bicyclic) bond motifs is 1. The summed E-state index contributed by atoms with van der Waals surface area (Å²) in [5, 5.41) is 9.97. The molecule has 0 atom stereocenters. The molecule has 0 radical (unpaired) electrons. The molecule has 0 bridgehead atoms. The highest BCUT2D eigenvalue weighted by Gasteiger charge is 2.14. The van der Waals surface area contributed by atoms with Crippen molar-refractivity contribution in [2.45, 2.75) is 6.92 Å². The number of nitrogens with zero attached hydrogens (tertiary/aromatic N) is 1. The quantitative estimate of drug-likeness (QED) is 0.765. The standard InChI is InChI=1S/C15H11NO2S/c1-9-6-7-12-13(8-9)19-14(16-12)10-4-2-3-5-11(10)15(17)18/h2-8H,1H3,(H,17,18). The Balaban J connectivity index is 2.22. The van der Waals surface area contributed by atoms with Crippen LogP contribution in [0.5, 0.6) is 0 Å². The van der Waals surface area contributed by atoms with Gasteiger partial charge >= 0.3 is 5.97 Å². The van der Waals surface area contributed by atoms with E-state index in [2.05, 4.69) is 11.1 Å². The summed E-state index contributed by atoms with van der Waals surface area (Å²) in [6.45, 7) is 2.03. The normalized spacial score (nSPS) is 10.8. The van der Waals surface area contributed by atoms with Crippen molar-refractivity contribution in [3.05, 3.63) is 53.6 Å². The summed E-state index contributed by atoms with van der Waals surface area (Å²) in [5.41, 5.74) is 3.05.